The quantitative estimate of drug-likeness (QED) is 0.846. The minimum atomic E-state index is -0.0393. The molecule has 0 aliphatic heterocycles. The summed E-state index contributed by atoms with van der Waals surface area (Å²) in [5, 5.41) is 0.0935. The van der Waals surface area contributed by atoms with Crippen molar-refractivity contribution in [1.82, 2.24) is 15.0 Å². The molecule has 1 heterocycles. The molecule has 2 rings (SSSR count). The second kappa shape index (κ2) is 6.58. The molecule has 0 spiro atoms. The Morgan fingerprint density at radius 2 is 1.76 bits per heavy atom. The number of rotatable bonds is 5. The number of aromatic nitrogens is 3. The van der Waals surface area contributed by atoms with Crippen LogP contribution in [0.1, 0.15) is 13.8 Å². The summed E-state index contributed by atoms with van der Waals surface area (Å²) in [7, 11) is 3.46. The molecule has 0 radical (unpaired) electrons. The minimum Gasteiger partial charge on any atom is -0.497 e. The molecule has 0 aliphatic rings. The molecule has 0 unspecified atom stereocenters. The molecule has 0 aliphatic carbocycles. The van der Waals surface area contributed by atoms with Gasteiger partial charge in [0.2, 0.25) is 11.2 Å². The average molecular weight is 309 g/mol. The molecule has 1 aromatic carbocycles. The normalized spacial score (nSPS) is 10.6. The van der Waals surface area contributed by atoms with Gasteiger partial charge in [0.25, 0.3) is 0 Å². The Kier molecular flexibility index (Phi) is 4.80. The monoisotopic (exact) mass is 308 g/mol. The lowest BCUT2D eigenvalue weighted by atomic mass is 10.3. The largest absolute Gasteiger partial charge is 0.497 e. The fraction of sp³-hybridized carbons (Fsp3) is 0.357. The number of anilines is 2. The number of benzene rings is 1. The van der Waals surface area contributed by atoms with Gasteiger partial charge < -0.3 is 14.4 Å². The Bertz CT molecular complexity index is 604. The van der Waals surface area contributed by atoms with Gasteiger partial charge in [-0.15, -0.1) is 0 Å². The van der Waals surface area contributed by atoms with Crippen LogP contribution in [0.3, 0.4) is 0 Å². The molecule has 6 nitrogen and oxygen atoms in total. The lowest BCUT2D eigenvalue weighted by Gasteiger charge is -2.18. The Balaban J connectivity index is 2.28. The summed E-state index contributed by atoms with van der Waals surface area (Å²) in [5.41, 5.74) is 0.897. The lowest BCUT2D eigenvalue weighted by molar-refractivity contribution is 0.221. The van der Waals surface area contributed by atoms with Crippen molar-refractivity contribution in [3.63, 3.8) is 0 Å². The number of hydrogen-bond donors (Lipinski definition) is 0. The predicted octanol–water partition coefficient (Wildman–Crippen LogP) is 3.09. The van der Waals surface area contributed by atoms with Crippen molar-refractivity contribution in [3.05, 3.63) is 29.5 Å². The Hall–Kier alpha value is -2.08. The summed E-state index contributed by atoms with van der Waals surface area (Å²) in [6.07, 6.45) is -0.0393. The molecule has 7 heteroatoms. The molecule has 21 heavy (non-hydrogen) atoms. The molecule has 0 saturated carbocycles. The van der Waals surface area contributed by atoms with Gasteiger partial charge in [0.05, 0.1) is 13.2 Å². The van der Waals surface area contributed by atoms with E-state index in [2.05, 4.69) is 15.0 Å². The highest BCUT2D eigenvalue weighted by Crippen LogP contribution is 2.24. The zero-order valence-corrected chi connectivity index (χ0v) is 13.1. The highest BCUT2D eigenvalue weighted by atomic mass is 35.5. The number of ether oxygens (including phenoxy) is 2. The lowest BCUT2D eigenvalue weighted by Crippen LogP contribution is -2.16. The molecule has 0 atom stereocenters. The van der Waals surface area contributed by atoms with Crippen LogP contribution >= 0.6 is 11.6 Å². The molecule has 1 aromatic heterocycles. The fourth-order valence-electron chi connectivity index (χ4n) is 1.66. The van der Waals surface area contributed by atoms with Crippen LogP contribution in [0.25, 0.3) is 0 Å². The van der Waals surface area contributed by atoms with Crippen LogP contribution in [-0.4, -0.2) is 35.2 Å². The van der Waals surface area contributed by atoms with Gasteiger partial charge in [0.15, 0.2) is 0 Å². The van der Waals surface area contributed by atoms with Crippen molar-refractivity contribution in [1.29, 1.82) is 0 Å². The number of nitrogens with zero attached hydrogens (tertiary/aromatic N) is 4. The van der Waals surface area contributed by atoms with Gasteiger partial charge >= 0.3 is 6.01 Å². The molecule has 112 valence electrons. The molecule has 0 bridgehead atoms. The smallest absolute Gasteiger partial charge is 0.322 e. The summed E-state index contributed by atoms with van der Waals surface area (Å²) in [6.45, 7) is 3.79. The highest BCUT2D eigenvalue weighted by molar-refractivity contribution is 6.28. The number of hydrogen-bond acceptors (Lipinski definition) is 6. The van der Waals surface area contributed by atoms with Gasteiger partial charge in [-0.05, 0) is 49.7 Å². The predicted molar refractivity (Wildman–Crippen MR) is 81.7 cm³/mol. The van der Waals surface area contributed by atoms with E-state index in [1.165, 1.54) is 0 Å². The molecule has 0 N–H and O–H groups in total. The number of halogens is 1. The fourth-order valence-corrected chi connectivity index (χ4v) is 1.80. The summed E-state index contributed by atoms with van der Waals surface area (Å²) < 4.78 is 10.6. The SMILES string of the molecule is COc1ccc(N(C)c2nc(Cl)nc(OC(C)C)n2)cc1. The zero-order valence-electron chi connectivity index (χ0n) is 12.4. The third-order valence-electron chi connectivity index (χ3n) is 2.68. The maximum absolute atomic E-state index is 5.92. The van der Waals surface area contributed by atoms with Gasteiger partial charge in [-0.2, -0.15) is 15.0 Å². The molecular formula is C14H17ClN4O2. The first-order chi connectivity index (χ1) is 9.99. The molecule has 0 fully saturated rings. The van der Waals surface area contributed by atoms with Crippen molar-refractivity contribution < 1.29 is 9.47 Å². The minimum absolute atomic E-state index is 0.0393. The van der Waals surface area contributed by atoms with Gasteiger partial charge in [-0.3, -0.25) is 0 Å². The maximum atomic E-state index is 5.92. The maximum Gasteiger partial charge on any atom is 0.322 e. The van der Waals surface area contributed by atoms with Gasteiger partial charge in [-0.1, -0.05) is 0 Å². The summed E-state index contributed by atoms with van der Waals surface area (Å²) in [6, 6.07) is 7.74. The molecular weight excluding hydrogens is 292 g/mol. The van der Waals surface area contributed by atoms with Crippen LogP contribution < -0.4 is 14.4 Å². The van der Waals surface area contributed by atoms with Crippen molar-refractivity contribution in [2.75, 3.05) is 19.1 Å². The van der Waals surface area contributed by atoms with Gasteiger partial charge in [0.1, 0.15) is 5.75 Å². The van der Waals surface area contributed by atoms with Crippen LogP contribution in [0.15, 0.2) is 24.3 Å². The van der Waals surface area contributed by atoms with Crippen molar-refractivity contribution in [2.45, 2.75) is 20.0 Å². The van der Waals surface area contributed by atoms with Crippen LogP contribution in [0.2, 0.25) is 5.28 Å². The Morgan fingerprint density at radius 1 is 1.10 bits per heavy atom. The van der Waals surface area contributed by atoms with E-state index in [4.69, 9.17) is 21.1 Å². The van der Waals surface area contributed by atoms with E-state index in [0.29, 0.717) is 5.95 Å². The summed E-state index contributed by atoms with van der Waals surface area (Å²) in [5.74, 6) is 1.19. The van der Waals surface area contributed by atoms with E-state index in [-0.39, 0.29) is 17.4 Å². The van der Waals surface area contributed by atoms with Crippen LogP contribution in [0, 0.1) is 0 Å². The van der Waals surface area contributed by atoms with Crippen LogP contribution in [-0.2, 0) is 0 Å². The molecule has 0 amide bonds. The van der Waals surface area contributed by atoms with Crippen LogP contribution in [0.5, 0.6) is 11.8 Å². The third-order valence-corrected chi connectivity index (χ3v) is 2.85. The standard InChI is InChI=1S/C14H17ClN4O2/c1-9(2)21-14-17-12(15)16-13(18-14)19(3)10-5-7-11(20-4)8-6-10/h5-9H,1-4H3. The van der Waals surface area contributed by atoms with E-state index >= 15 is 0 Å². The van der Waals surface area contributed by atoms with Crippen LogP contribution in [0.4, 0.5) is 11.6 Å². The van der Waals surface area contributed by atoms with E-state index in [1.54, 1.807) is 12.0 Å². The molecule has 2 aromatic rings. The van der Waals surface area contributed by atoms with Crippen molar-refractivity contribution >= 4 is 23.2 Å². The summed E-state index contributed by atoms with van der Waals surface area (Å²) in [4.78, 5) is 14.1. The van der Waals surface area contributed by atoms with Crippen molar-refractivity contribution in [3.8, 4) is 11.8 Å². The zero-order chi connectivity index (χ0) is 15.4. The second-order valence-electron chi connectivity index (χ2n) is 4.61. The first-order valence-electron chi connectivity index (χ1n) is 6.45. The highest BCUT2D eigenvalue weighted by Gasteiger charge is 2.13. The topological polar surface area (TPSA) is 60.4 Å². The van der Waals surface area contributed by atoms with E-state index in [0.717, 1.165) is 11.4 Å². The summed E-state index contributed by atoms with van der Waals surface area (Å²) >= 11 is 5.92. The third kappa shape index (κ3) is 3.95. The van der Waals surface area contributed by atoms with E-state index in [9.17, 15) is 0 Å². The van der Waals surface area contributed by atoms with Gasteiger partial charge in [0, 0.05) is 12.7 Å². The van der Waals surface area contributed by atoms with Crippen molar-refractivity contribution in [2.24, 2.45) is 0 Å². The first-order valence-corrected chi connectivity index (χ1v) is 6.83. The second-order valence-corrected chi connectivity index (χ2v) is 4.95. The molecule has 0 saturated heterocycles. The first kappa shape index (κ1) is 15.3. The average Bonchev–Trinajstić information content (AvgIpc) is 2.45. The Labute approximate surface area is 128 Å². The van der Waals surface area contributed by atoms with E-state index < -0.39 is 0 Å². The van der Waals surface area contributed by atoms with Gasteiger partial charge in [-0.25, -0.2) is 0 Å². The number of methoxy groups -OCH3 is 1. The Morgan fingerprint density at radius 3 is 2.33 bits per heavy atom. The van der Waals surface area contributed by atoms with E-state index in [1.807, 2.05) is 45.2 Å².